The summed E-state index contributed by atoms with van der Waals surface area (Å²) < 4.78 is 4.95. The Morgan fingerprint density at radius 3 is 2.59 bits per heavy atom. The number of anilines is 1. The molecule has 166 valence electrons. The minimum absolute atomic E-state index is 0.108. The van der Waals surface area contributed by atoms with Gasteiger partial charge in [-0.1, -0.05) is 17.7 Å². The van der Waals surface area contributed by atoms with Crippen LogP contribution in [0.15, 0.2) is 48.5 Å². The van der Waals surface area contributed by atoms with Crippen LogP contribution in [0.1, 0.15) is 16.8 Å². The van der Waals surface area contributed by atoms with E-state index in [9.17, 15) is 29.3 Å². The summed E-state index contributed by atoms with van der Waals surface area (Å²) in [6.45, 7) is -0.743. The number of esters is 1. The molecule has 2 aromatic carbocycles. The minimum Gasteiger partial charge on any atom is -0.455 e. The van der Waals surface area contributed by atoms with Gasteiger partial charge in [0.1, 0.15) is 0 Å². The zero-order valence-corrected chi connectivity index (χ0v) is 17.2. The van der Waals surface area contributed by atoms with Crippen LogP contribution in [0.4, 0.5) is 11.4 Å². The number of nitro benzene ring substituents is 1. The first-order valence-corrected chi connectivity index (χ1v) is 9.68. The summed E-state index contributed by atoms with van der Waals surface area (Å²) in [6.07, 6.45) is -0.188. The molecule has 0 unspecified atom stereocenters. The fourth-order valence-corrected chi connectivity index (χ4v) is 3.04. The van der Waals surface area contributed by atoms with Gasteiger partial charge in [-0.15, -0.1) is 0 Å². The monoisotopic (exact) mass is 460 g/mol. The van der Waals surface area contributed by atoms with Crippen molar-refractivity contribution in [3.8, 4) is 0 Å². The van der Waals surface area contributed by atoms with Crippen molar-refractivity contribution in [1.29, 1.82) is 0 Å². The number of amides is 3. The van der Waals surface area contributed by atoms with Gasteiger partial charge in [0, 0.05) is 34.8 Å². The van der Waals surface area contributed by atoms with Gasteiger partial charge in [0.2, 0.25) is 5.91 Å². The number of hydrogen-bond donors (Lipinski definition) is 2. The maximum atomic E-state index is 12.2. The molecule has 12 heteroatoms. The Morgan fingerprint density at radius 1 is 1.19 bits per heavy atom. The first-order valence-electron chi connectivity index (χ1n) is 9.31. The fraction of sp³-hybridized carbons (Fsp3) is 0.200. The quantitative estimate of drug-likeness (QED) is 0.364. The highest BCUT2D eigenvalue weighted by atomic mass is 35.5. The van der Waals surface area contributed by atoms with Crippen molar-refractivity contribution in [3.63, 3.8) is 0 Å². The van der Waals surface area contributed by atoms with Crippen molar-refractivity contribution < 1.29 is 28.8 Å². The van der Waals surface area contributed by atoms with Gasteiger partial charge in [-0.3, -0.25) is 39.7 Å². The molecule has 0 radical (unpaired) electrons. The first kappa shape index (κ1) is 22.7. The predicted octanol–water partition coefficient (Wildman–Crippen LogP) is 1.92. The van der Waals surface area contributed by atoms with Gasteiger partial charge in [0.05, 0.1) is 17.4 Å². The van der Waals surface area contributed by atoms with Crippen molar-refractivity contribution in [2.75, 3.05) is 18.5 Å². The average molecular weight is 461 g/mol. The van der Waals surface area contributed by atoms with Crippen LogP contribution in [0.3, 0.4) is 0 Å². The minimum atomic E-state index is -0.862. The summed E-state index contributed by atoms with van der Waals surface area (Å²) in [4.78, 5) is 58.7. The first-order chi connectivity index (χ1) is 15.2. The average Bonchev–Trinajstić information content (AvgIpc) is 3.13. The molecule has 0 aliphatic carbocycles. The number of rotatable bonds is 7. The molecule has 2 aromatic rings. The summed E-state index contributed by atoms with van der Waals surface area (Å²) in [5.41, 5.74) is 2.67. The van der Waals surface area contributed by atoms with Crippen LogP contribution in [-0.2, 0) is 19.1 Å². The number of nitro groups is 1. The molecule has 32 heavy (non-hydrogen) atoms. The van der Waals surface area contributed by atoms with E-state index in [2.05, 4.69) is 10.7 Å². The van der Waals surface area contributed by atoms with Crippen LogP contribution in [0.25, 0.3) is 0 Å². The van der Waals surface area contributed by atoms with E-state index in [1.807, 2.05) is 0 Å². The number of carbonyl (C=O) groups excluding carboxylic acids is 4. The molecule has 1 aliphatic rings. The molecule has 0 spiro atoms. The van der Waals surface area contributed by atoms with Crippen LogP contribution >= 0.6 is 11.6 Å². The number of nitrogens with zero attached hydrogens (tertiary/aromatic N) is 2. The van der Waals surface area contributed by atoms with Gasteiger partial charge in [-0.25, -0.2) is 0 Å². The fourth-order valence-electron chi connectivity index (χ4n) is 2.91. The molecule has 1 saturated heterocycles. The third-order valence-electron chi connectivity index (χ3n) is 4.49. The van der Waals surface area contributed by atoms with Gasteiger partial charge in [0.25, 0.3) is 17.5 Å². The van der Waals surface area contributed by atoms with E-state index in [1.54, 1.807) is 0 Å². The van der Waals surface area contributed by atoms with E-state index in [-0.39, 0.29) is 29.9 Å². The van der Waals surface area contributed by atoms with Crippen molar-refractivity contribution in [3.05, 3.63) is 69.2 Å². The van der Waals surface area contributed by atoms with Gasteiger partial charge in [-0.2, -0.15) is 0 Å². The van der Waals surface area contributed by atoms with Crippen LogP contribution in [0.5, 0.6) is 0 Å². The zero-order chi connectivity index (χ0) is 23.3. The lowest BCUT2D eigenvalue weighted by Gasteiger charge is -2.17. The molecule has 1 aliphatic heterocycles. The second-order valence-electron chi connectivity index (χ2n) is 6.82. The maximum absolute atomic E-state index is 12.2. The van der Waals surface area contributed by atoms with Gasteiger partial charge in [-0.05, 0) is 30.3 Å². The van der Waals surface area contributed by atoms with E-state index in [0.29, 0.717) is 5.02 Å². The van der Waals surface area contributed by atoms with E-state index in [0.717, 1.165) is 11.1 Å². The number of non-ortho nitro benzene ring substituents is 1. The molecule has 1 atom stereocenters. The Balaban J connectivity index is 1.48. The standard InChI is InChI=1S/C20H17ClN4O7/c21-14-6-4-12(5-7-14)19(28)23-24-10-13(8-18(24)27)20(29)32-11-17(26)22-15-2-1-3-16(9-15)25(30)31/h1-7,9,13H,8,10-11H2,(H,22,26)(H,23,28)/t13-/m0/s1. The number of ether oxygens (including phenoxy) is 1. The molecule has 0 bridgehead atoms. The number of hydrogen-bond acceptors (Lipinski definition) is 7. The predicted molar refractivity (Wildman–Crippen MR) is 111 cm³/mol. The molecule has 1 heterocycles. The molecule has 0 saturated carbocycles. The summed E-state index contributed by atoms with van der Waals surface area (Å²) in [6, 6.07) is 11.3. The number of halogens is 1. The Morgan fingerprint density at radius 2 is 1.91 bits per heavy atom. The summed E-state index contributed by atoms with van der Waals surface area (Å²) in [5, 5.41) is 14.6. The second kappa shape index (κ2) is 9.88. The molecule has 11 nitrogen and oxygen atoms in total. The second-order valence-corrected chi connectivity index (χ2v) is 7.25. The highest BCUT2D eigenvalue weighted by Crippen LogP contribution is 2.19. The lowest BCUT2D eigenvalue weighted by molar-refractivity contribution is -0.384. The largest absolute Gasteiger partial charge is 0.455 e. The van der Waals surface area contributed by atoms with E-state index < -0.39 is 41.1 Å². The Kier molecular flexibility index (Phi) is 7.00. The Bertz CT molecular complexity index is 1070. The smallest absolute Gasteiger partial charge is 0.311 e. The summed E-state index contributed by atoms with van der Waals surface area (Å²) >= 11 is 5.78. The van der Waals surface area contributed by atoms with Crippen molar-refractivity contribution in [2.45, 2.75) is 6.42 Å². The van der Waals surface area contributed by atoms with Crippen molar-refractivity contribution >= 4 is 46.7 Å². The molecular weight excluding hydrogens is 444 g/mol. The van der Waals surface area contributed by atoms with E-state index >= 15 is 0 Å². The van der Waals surface area contributed by atoms with Gasteiger partial charge < -0.3 is 10.1 Å². The van der Waals surface area contributed by atoms with Crippen LogP contribution in [-0.4, -0.2) is 46.8 Å². The summed E-state index contributed by atoms with van der Waals surface area (Å²) in [7, 11) is 0. The molecule has 0 aromatic heterocycles. The topological polar surface area (TPSA) is 148 Å². The molecule has 3 amide bonds. The Labute approximate surface area is 186 Å². The molecule has 1 fully saturated rings. The lowest BCUT2D eigenvalue weighted by atomic mass is 10.1. The normalized spacial score (nSPS) is 15.2. The van der Waals surface area contributed by atoms with Crippen LogP contribution in [0, 0.1) is 16.0 Å². The van der Waals surface area contributed by atoms with Crippen molar-refractivity contribution in [2.24, 2.45) is 5.92 Å². The van der Waals surface area contributed by atoms with Crippen molar-refractivity contribution in [1.82, 2.24) is 10.4 Å². The van der Waals surface area contributed by atoms with Gasteiger partial charge in [0.15, 0.2) is 6.61 Å². The number of hydrazine groups is 1. The Hall–Kier alpha value is -3.99. The highest BCUT2D eigenvalue weighted by Gasteiger charge is 2.36. The third-order valence-corrected chi connectivity index (χ3v) is 4.74. The van der Waals surface area contributed by atoms with E-state index in [1.165, 1.54) is 42.5 Å². The van der Waals surface area contributed by atoms with E-state index in [4.69, 9.17) is 16.3 Å². The lowest BCUT2D eigenvalue weighted by Crippen LogP contribution is -2.43. The molecule has 3 rings (SSSR count). The van der Waals surface area contributed by atoms with Crippen LogP contribution < -0.4 is 10.7 Å². The number of benzene rings is 2. The highest BCUT2D eigenvalue weighted by molar-refractivity contribution is 6.30. The number of nitrogens with one attached hydrogen (secondary N) is 2. The molecular formula is C20H17ClN4O7. The SMILES string of the molecule is O=C(COC(=O)[C@H]1CC(=O)N(NC(=O)c2ccc(Cl)cc2)C1)Nc1cccc([N+](=O)[O-])c1. The third kappa shape index (κ3) is 5.79. The summed E-state index contributed by atoms with van der Waals surface area (Å²) in [5.74, 6) is -3.36. The number of carbonyl (C=O) groups is 4. The van der Waals surface area contributed by atoms with Gasteiger partial charge >= 0.3 is 5.97 Å². The zero-order valence-electron chi connectivity index (χ0n) is 16.4. The van der Waals surface area contributed by atoms with Crippen LogP contribution in [0.2, 0.25) is 5.02 Å². The maximum Gasteiger partial charge on any atom is 0.311 e. The molecule has 2 N–H and O–H groups in total.